The largest absolute Gasteiger partial charge is 0.383 e. The van der Waals surface area contributed by atoms with Gasteiger partial charge in [-0.3, -0.25) is 14.8 Å². The van der Waals surface area contributed by atoms with Crippen molar-refractivity contribution < 1.29 is 4.74 Å². The van der Waals surface area contributed by atoms with E-state index >= 15 is 0 Å². The van der Waals surface area contributed by atoms with Gasteiger partial charge >= 0.3 is 0 Å². The van der Waals surface area contributed by atoms with Crippen molar-refractivity contribution in [3.8, 4) is 0 Å². The van der Waals surface area contributed by atoms with Gasteiger partial charge in [0.25, 0.3) is 0 Å². The molecule has 0 spiro atoms. The summed E-state index contributed by atoms with van der Waals surface area (Å²) in [4.78, 5) is 9.74. The molecule has 2 rings (SSSR count). The highest BCUT2D eigenvalue weighted by atomic mass is 127. The summed E-state index contributed by atoms with van der Waals surface area (Å²) < 4.78 is 5.18. The lowest BCUT2D eigenvalue weighted by Gasteiger charge is -2.34. The summed E-state index contributed by atoms with van der Waals surface area (Å²) in [6.45, 7) is 13.1. The van der Waals surface area contributed by atoms with E-state index in [0.29, 0.717) is 6.61 Å². The fourth-order valence-electron chi connectivity index (χ4n) is 3.16. The number of nitrogens with zero attached hydrogens (tertiary/aromatic N) is 3. The van der Waals surface area contributed by atoms with Gasteiger partial charge < -0.3 is 15.4 Å². The summed E-state index contributed by atoms with van der Waals surface area (Å²) in [6.07, 6.45) is 0. The number of benzene rings is 1. The topological polar surface area (TPSA) is 52.1 Å². The maximum atomic E-state index is 5.18. The van der Waals surface area contributed by atoms with E-state index in [1.165, 1.54) is 5.56 Å². The number of aliphatic imine (C=N–C) groups is 1. The molecule has 0 aromatic heterocycles. The van der Waals surface area contributed by atoms with E-state index in [1.54, 1.807) is 7.11 Å². The molecule has 0 radical (unpaired) electrons. The number of hydrogen-bond acceptors (Lipinski definition) is 4. The Bertz CT molecular complexity index is 520. The summed E-state index contributed by atoms with van der Waals surface area (Å²) >= 11 is 0. The highest BCUT2D eigenvalue weighted by molar-refractivity contribution is 14.0. The number of piperazine rings is 1. The van der Waals surface area contributed by atoms with Crippen LogP contribution in [0.25, 0.3) is 0 Å². The normalized spacial score (nSPS) is 17.2. The zero-order chi connectivity index (χ0) is 18.6. The third-order valence-corrected chi connectivity index (χ3v) is 4.54. The lowest BCUT2D eigenvalue weighted by molar-refractivity contribution is 0.130. The minimum Gasteiger partial charge on any atom is -0.383 e. The van der Waals surface area contributed by atoms with Gasteiger partial charge in [-0.1, -0.05) is 30.3 Å². The molecule has 0 bridgehead atoms. The second kappa shape index (κ2) is 14.1. The van der Waals surface area contributed by atoms with E-state index < -0.39 is 0 Å². The predicted molar refractivity (Wildman–Crippen MR) is 124 cm³/mol. The molecule has 7 heteroatoms. The highest BCUT2D eigenvalue weighted by Gasteiger charge is 2.16. The number of guanidine groups is 1. The van der Waals surface area contributed by atoms with Gasteiger partial charge in [-0.2, -0.15) is 0 Å². The monoisotopic (exact) mass is 489 g/mol. The Morgan fingerprint density at radius 2 is 1.81 bits per heavy atom. The van der Waals surface area contributed by atoms with Crippen LogP contribution in [0.4, 0.5) is 0 Å². The summed E-state index contributed by atoms with van der Waals surface area (Å²) in [5, 5.41) is 6.68. The molecule has 1 fully saturated rings. The van der Waals surface area contributed by atoms with Crippen molar-refractivity contribution in [1.29, 1.82) is 0 Å². The van der Waals surface area contributed by atoms with Crippen LogP contribution >= 0.6 is 24.0 Å². The van der Waals surface area contributed by atoms with Gasteiger partial charge in [0.15, 0.2) is 5.96 Å². The van der Waals surface area contributed by atoms with Crippen molar-refractivity contribution in [2.24, 2.45) is 4.99 Å². The maximum Gasteiger partial charge on any atom is 0.191 e. The van der Waals surface area contributed by atoms with Crippen molar-refractivity contribution in [3.63, 3.8) is 0 Å². The van der Waals surface area contributed by atoms with Crippen molar-refractivity contribution >= 4 is 29.9 Å². The van der Waals surface area contributed by atoms with Crippen molar-refractivity contribution in [3.05, 3.63) is 35.9 Å². The number of halogens is 1. The summed E-state index contributed by atoms with van der Waals surface area (Å²) in [7, 11) is 1.72. The van der Waals surface area contributed by atoms with E-state index in [4.69, 9.17) is 9.73 Å². The van der Waals surface area contributed by atoms with Crippen molar-refractivity contribution in [1.82, 2.24) is 20.4 Å². The predicted octanol–water partition coefficient (Wildman–Crippen LogP) is 2.01. The molecule has 0 amide bonds. The van der Waals surface area contributed by atoms with Gasteiger partial charge in [-0.15, -0.1) is 24.0 Å². The van der Waals surface area contributed by atoms with Crippen LogP contribution in [0.5, 0.6) is 0 Å². The summed E-state index contributed by atoms with van der Waals surface area (Å²) in [5.74, 6) is 0.875. The van der Waals surface area contributed by atoms with E-state index in [0.717, 1.165) is 58.3 Å². The third kappa shape index (κ3) is 9.73. The van der Waals surface area contributed by atoms with Gasteiger partial charge in [0, 0.05) is 59.0 Å². The van der Waals surface area contributed by atoms with Crippen LogP contribution in [0.3, 0.4) is 0 Å². The van der Waals surface area contributed by atoms with E-state index in [1.807, 2.05) is 0 Å². The smallest absolute Gasteiger partial charge is 0.191 e. The van der Waals surface area contributed by atoms with Crippen LogP contribution in [0.15, 0.2) is 35.3 Å². The Hall–Kier alpha value is -0.900. The second-order valence-corrected chi connectivity index (χ2v) is 6.86. The lowest BCUT2D eigenvalue weighted by atomic mass is 10.2. The second-order valence-electron chi connectivity index (χ2n) is 6.86. The molecule has 154 valence electrons. The van der Waals surface area contributed by atoms with Gasteiger partial charge in [0.05, 0.1) is 13.2 Å². The first-order chi connectivity index (χ1) is 12.7. The zero-order valence-corrected chi connectivity index (χ0v) is 19.3. The fraction of sp³-hybridized carbons (Fsp3) is 0.650. The Labute approximate surface area is 181 Å². The minimum absolute atomic E-state index is 0. The molecule has 1 aromatic rings. The molecule has 1 saturated heterocycles. The molecule has 0 aliphatic carbocycles. The number of hydrogen-bond donors (Lipinski definition) is 2. The molecule has 1 unspecified atom stereocenters. The first-order valence-electron chi connectivity index (χ1n) is 9.73. The standard InChI is InChI=1S/C20H35N5O.HI/c1-4-21-20(23-18(2)17-26-3)22-10-11-24-12-14-25(15-13-24)16-19-8-6-5-7-9-19;/h5-9,18H,4,10-17H2,1-3H3,(H2,21,22,23);1H. The van der Waals surface area contributed by atoms with Crippen LogP contribution in [0, 0.1) is 0 Å². The average molecular weight is 489 g/mol. The number of rotatable bonds is 9. The molecule has 0 saturated carbocycles. The molecule has 1 heterocycles. The first kappa shape index (κ1) is 24.1. The van der Waals surface area contributed by atoms with Crippen LogP contribution in [0.2, 0.25) is 0 Å². The number of nitrogens with one attached hydrogen (secondary N) is 2. The molecule has 1 aliphatic rings. The fourth-order valence-corrected chi connectivity index (χ4v) is 3.16. The van der Waals surface area contributed by atoms with E-state index in [2.05, 4.69) is 64.6 Å². The molecule has 2 N–H and O–H groups in total. The van der Waals surface area contributed by atoms with Gasteiger partial charge in [0.2, 0.25) is 0 Å². The Kier molecular flexibility index (Phi) is 12.6. The molecular formula is C20H36IN5O. The molecule has 6 nitrogen and oxygen atoms in total. The zero-order valence-electron chi connectivity index (χ0n) is 17.0. The third-order valence-electron chi connectivity index (χ3n) is 4.54. The Morgan fingerprint density at radius 3 is 2.44 bits per heavy atom. The lowest BCUT2D eigenvalue weighted by Crippen LogP contribution is -2.47. The van der Waals surface area contributed by atoms with Crippen LogP contribution in [0.1, 0.15) is 19.4 Å². The van der Waals surface area contributed by atoms with Crippen LogP contribution in [-0.4, -0.2) is 81.3 Å². The quantitative estimate of drug-likeness (QED) is 0.316. The molecule has 1 aromatic carbocycles. The minimum atomic E-state index is 0. The number of methoxy groups -OCH3 is 1. The van der Waals surface area contributed by atoms with Gasteiger partial charge in [-0.05, 0) is 19.4 Å². The van der Waals surface area contributed by atoms with E-state index in [-0.39, 0.29) is 30.0 Å². The number of ether oxygens (including phenoxy) is 1. The van der Waals surface area contributed by atoms with Crippen molar-refractivity contribution in [2.75, 3.05) is 59.5 Å². The summed E-state index contributed by atoms with van der Waals surface area (Å²) in [6, 6.07) is 11.0. The van der Waals surface area contributed by atoms with Crippen LogP contribution < -0.4 is 10.6 Å². The van der Waals surface area contributed by atoms with E-state index in [9.17, 15) is 0 Å². The molecule has 1 aliphatic heterocycles. The molecule has 1 atom stereocenters. The maximum absolute atomic E-state index is 5.18. The Balaban J connectivity index is 0.00000364. The van der Waals surface area contributed by atoms with Crippen molar-refractivity contribution in [2.45, 2.75) is 26.4 Å². The summed E-state index contributed by atoms with van der Waals surface area (Å²) in [5.41, 5.74) is 1.40. The molecular weight excluding hydrogens is 453 g/mol. The molecule has 27 heavy (non-hydrogen) atoms. The first-order valence-corrected chi connectivity index (χ1v) is 9.73. The highest BCUT2D eigenvalue weighted by Crippen LogP contribution is 2.08. The van der Waals surface area contributed by atoms with Gasteiger partial charge in [-0.25, -0.2) is 0 Å². The van der Waals surface area contributed by atoms with Gasteiger partial charge in [0.1, 0.15) is 0 Å². The average Bonchev–Trinajstić information content (AvgIpc) is 2.64. The van der Waals surface area contributed by atoms with Crippen LogP contribution in [-0.2, 0) is 11.3 Å². The SMILES string of the molecule is CCNC(=NCCN1CCN(Cc2ccccc2)CC1)NC(C)COC.I. The Morgan fingerprint density at radius 1 is 1.15 bits per heavy atom.